The van der Waals surface area contributed by atoms with Gasteiger partial charge in [-0.3, -0.25) is 0 Å². The van der Waals surface area contributed by atoms with Crippen molar-refractivity contribution in [3.8, 4) is 10.4 Å². The molecule has 0 unspecified atom stereocenters. The maximum Gasteiger partial charge on any atom is 0.335 e. The highest BCUT2D eigenvalue weighted by Gasteiger charge is 2.07. The largest absolute Gasteiger partial charge is 0.478 e. The van der Waals surface area contributed by atoms with Crippen molar-refractivity contribution in [1.82, 2.24) is 0 Å². The molecule has 0 saturated carbocycles. The van der Waals surface area contributed by atoms with Gasteiger partial charge in [0.15, 0.2) is 0 Å². The second kappa shape index (κ2) is 4.04. The molecule has 2 nitrogen and oxygen atoms in total. The van der Waals surface area contributed by atoms with E-state index >= 15 is 0 Å². The molecule has 0 radical (unpaired) electrons. The van der Waals surface area contributed by atoms with E-state index in [1.54, 1.807) is 23.5 Å². The SMILES string of the molecule is O=C(O)c1cc(Cl)cc(-c2cccs2)c1. The first-order valence-electron chi connectivity index (χ1n) is 4.24. The summed E-state index contributed by atoms with van der Waals surface area (Å²) in [5, 5.41) is 11.3. The number of aromatic carboxylic acids is 1. The van der Waals surface area contributed by atoms with Crippen LogP contribution in [0.15, 0.2) is 35.7 Å². The van der Waals surface area contributed by atoms with Crippen LogP contribution in [0.3, 0.4) is 0 Å². The summed E-state index contributed by atoms with van der Waals surface area (Å²) in [6, 6.07) is 8.68. The van der Waals surface area contributed by atoms with Crippen molar-refractivity contribution in [1.29, 1.82) is 0 Å². The van der Waals surface area contributed by atoms with Gasteiger partial charge in [0.25, 0.3) is 0 Å². The van der Waals surface area contributed by atoms with E-state index in [2.05, 4.69) is 0 Å². The van der Waals surface area contributed by atoms with E-state index in [4.69, 9.17) is 16.7 Å². The fraction of sp³-hybridized carbons (Fsp3) is 0. The summed E-state index contributed by atoms with van der Waals surface area (Å²) in [6.45, 7) is 0. The highest BCUT2D eigenvalue weighted by atomic mass is 35.5. The van der Waals surface area contributed by atoms with Crippen LogP contribution in [0.4, 0.5) is 0 Å². The normalized spacial score (nSPS) is 10.2. The summed E-state index contributed by atoms with van der Waals surface area (Å²) in [5.74, 6) is -0.963. The van der Waals surface area contributed by atoms with Crippen LogP contribution in [-0.4, -0.2) is 11.1 Å². The maximum atomic E-state index is 10.8. The molecule has 0 atom stereocenters. The Morgan fingerprint density at radius 1 is 1.33 bits per heavy atom. The summed E-state index contributed by atoms with van der Waals surface area (Å²) in [7, 11) is 0. The topological polar surface area (TPSA) is 37.3 Å². The van der Waals surface area contributed by atoms with Gasteiger partial charge in [-0.1, -0.05) is 17.7 Å². The van der Waals surface area contributed by atoms with Crippen LogP contribution in [0.25, 0.3) is 10.4 Å². The summed E-state index contributed by atoms with van der Waals surface area (Å²) < 4.78 is 0. The van der Waals surface area contributed by atoms with Gasteiger partial charge in [0, 0.05) is 9.90 Å². The number of carbonyl (C=O) groups is 1. The number of hydrogen-bond donors (Lipinski definition) is 1. The molecule has 4 heteroatoms. The van der Waals surface area contributed by atoms with Crippen molar-refractivity contribution < 1.29 is 9.90 Å². The third-order valence-electron chi connectivity index (χ3n) is 1.95. The third-order valence-corrected chi connectivity index (χ3v) is 3.09. The van der Waals surface area contributed by atoms with E-state index in [0.717, 1.165) is 10.4 Å². The fourth-order valence-corrected chi connectivity index (χ4v) is 2.25. The predicted molar refractivity (Wildman–Crippen MR) is 61.7 cm³/mol. The van der Waals surface area contributed by atoms with Gasteiger partial charge in [-0.15, -0.1) is 11.3 Å². The highest BCUT2D eigenvalue weighted by Crippen LogP contribution is 2.28. The number of hydrogen-bond acceptors (Lipinski definition) is 2. The molecule has 15 heavy (non-hydrogen) atoms. The molecule has 76 valence electrons. The van der Waals surface area contributed by atoms with Crippen LogP contribution in [0, 0.1) is 0 Å². The lowest BCUT2D eigenvalue weighted by molar-refractivity contribution is 0.0697. The van der Waals surface area contributed by atoms with Crippen LogP contribution in [0.1, 0.15) is 10.4 Å². The smallest absolute Gasteiger partial charge is 0.335 e. The number of benzene rings is 1. The third kappa shape index (κ3) is 2.19. The first-order chi connectivity index (χ1) is 7.16. The minimum Gasteiger partial charge on any atom is -0.478 e. The van der Waals surface area contributed by atoms with Crippen molar-refractivity contribution in [2.45, 2.75) is 0 Å². The minimum atomic E-state index is -0.963. The number of thiophene rings is 1. The Labute approximate surface area is 95.8 Å². The molecule has 0 amide bonds. The van der Waals surface area contributed by atoms with E-state index < -0.39 is 5.97 Å². The first kappa shape index (κ1) is 10.2. The van der Waals surface area contributed by atoms with Crippen LogP contribution in [0.5, 0.6) is 0 Å². The molecule has 0 aliphatic carbocycles. The molecule has 1 aromatic carbocycles. The summed E-state index contributed by atoms with van der Waals surface area (Å²) >= 11 is 7.41. The van der Waals surface area contributed by atoms with Crippen molar-refractivity contribution in [2.24, 2.45) is 0 Å². The van der Waals surface area contributed by atoms with E-state index in [0.29, 0.717) is 5.02 Å². The highest BCUT2D eigenvalue weighted by molar-refractivity contribution is 7.13. The Bertz CT molecular complexity index is 491. The zero-order valence-electron chi connectivity index (χ0n) is 7.61. The molecule has 0 spiro atoms. The first-order valence-corrected chi connectivity index (χ1v) is 5.50. The van der Waals surface area contributed by atoms with Crippen LogP contribution in [0.2, 0.25) is 5.02 Å². The second-order valence-electron chi connectivity index (χ2n) is 3.01. The number of halogens is 1. The monoisotopic (exact) mass is 238 g/mol. The molecule has 0 aliphatic rings. The van der Waals surface area contributed by atoms with E-state index in [9.17, 15) is 4.79 Å². The number of rotatable bonds is 2. The Morgan fingerprint density at radius 2 is 2.13 bits per heavy atom. The average Bonchev–Trinajstić information content (AvgIpc) is 2.69. The molecule has 0 fully saturated rings. The van der Waals surface area contributed by atoms with Crippen molar-refractivity contribution in [2.75, 3.05) is 0 Å². The molecule has 0 saturated heterocycles. The second-order valence-corrected chi connectivity index (χ2v) is 4.40. The van der Waals surface area contributed by atoms with Crippen molar-refractivity contribution in [3.05, 3.63) is 46.3 Å². The molecular formula is C11H7ClO2S. The molecular weight excluding hydrogens is 232 g/mol. The molecule has 0 bridgehead atoms. The van der Waals surface area contributed by atoms with Gasteiger partial charge >= 0.3 is 5.97 Å². The zero-order valence-corrected chi connectivity index (χ0v) is 9.18. The summed E-state index contributed by atoms with van der Waals surface area (Å²) in [4.78, 5) is 11.8. The van der Waals surface area contributed by atoms with Gasteiger partial charge in [-0.2, -0.15) is 0 Å². The average molecular weight is 239 g/mol. The Hall–Kier alpha value is -1.32. The molecule has 1 heterocycles. The van der Waals surface area contributed by atoms with Crippen LogP contribution >= 0.6 is 22.9 Å². The summed E-state index contributed by atoms with van der Waals surface area (Å²) in [5.41, 5.74) is 1.06. The molecule has 2 rings (SSSR count). The van der Waals surface area contributed by atoms with Crippen molar-refractivity contribution in [3.63, 3.8) is 0 Å². The fourth-order valence-electron chi connectivity index (χ4n) is 1.30. The molecule has 1 aromatic heterocycles. The zero-order chi connectivity index (χ0) is 10.8. The number of carboxylic acid groups (broad SMARTS) is 1. The molecule has 1 N–H and O–H groups in total. The predicted octanol–water partition coefficient (Wildman–Crippen LogP) is 3.77. The van der Waals surface area contributed by atoms with Crippen molar-refractivity contribution >= 4 is 28.9 Å². The van der Waals surface area contributed by atoms with E-state index in [-0.39, 0.29) is 5.56 Å². The lowest BCUT2D eigenvalue weighted by Crippen LogP contribution is -1.95. The maximum absolute atomic E-state index is 10.8. The molecule has 0 aliphatic heterocycles. The Kier molecular flexibility index (Phi) is 2.75. The van der Waals surface area contributed by atoms with Gasteiger partial charge in [-0.25, -0.2) is 4.79 Å². The lowest BCUT2D eigenvalue weighted by Gasteiger charge is -2.01. The minimum absolute atomic E-state index is 0.214. The summed E-state index contributed by atoms with van der Waals surface area (Å²) in [6.07, 6.45) is 0. The van der Waals surface area contributed by atoms with Gasteiger partial charge in [0.1, 0.15) is 0 Å². The number of carboxylic acids is 1. The van der Waals surface area contributed by atoms with Gasteiger partial charge in [0.2, 0.25) is 0 Å². The lowest BCUT2D eigenvalue weighted by atomic mass is 10.1. The Balaban J connectivity index is 2.54. The van der Waals surface area contributed by atoms with Crippen LogP contribution in [-0.2, 0) is 0 Å². The van der Waals surface area contributed by atoms with Gasteiger partial charge in [-0.05, 0) is 35.2 Å². The Morgan fingerprint density at radius 3 is 2.73 bits per heavy atom. The van der Waals surface area contributed by atoms with Gasteiger partial charge < -0.3 is 5.11 Å². The van der Waals surface area contributed by atoms with Crippen LogP contribution < -0.4 is 0 Å². The van der Waals surface area contributed by atoms with E-state index in [1.807, 2.05) is 17.5 Å². The van der Waals surface area contributed by atoms with Gasteiger partial charge in [0.05, 0.1) is 5.56 Å². The molecule has 2 aromatic rings. The van der Waals surface area contributed by atoms with E-state index in [1.165, 1.54) is 6.07 Å². The standard InChI is InChI=1S/C11H7ClO2S/c12-9-5-7(10-2-1-3-15-10)4-8(6-9)11(13)14/h1-6H,(H,13,14). The quantitative estimate of drug-likeness (QED) is 0.865.